The molecule has 0 unspecified atom stereocenters. The fourth-order valence-corrected chi connectivity index (χ4v) is 2.02. The molecule has 0 aliphatic carbocycles. The molecule has 0 atom stereocenters. The number of nitrogens with zero attached hydrogens (tertiary/aromatic N) is 1. The second kappa shape index (κ2) is 7.64. The van der Waals surface area contributed by atoms with E-state index in [2.05, 4.69) is 4.98 Å². The van der Waals surface area contributed by atoms with Crippen molar-refractivity contribution >= 4 is 24.2 Å². The molecular formula is C18H31BClNO5. The molecule has 1 aromatic heterocycles. The Morgan fingerprint density at radius 1 is 0.923 bits per heavy atom. The van der Waals surface area contributed by atoms with Gasteiger partial charge in [-0.25, -0.2) is 4.98 Å². The molecule has 1 aromatic rings. The molecule has 0 bridgehead atoms. The molecule has 0 saturated carbocycles. The molecule has 0 aromatic carbocycles. The molecular weight excluding hydrogens is 356 g/mol. The largest absolute Gasteiger partial charge is 0.496 e. The standard InChI is InChI=1S/C18H31BClNO5/c1-15(2,22)17(5,6)25-19(26-18(7,8)16(3,4)23)12-10-11-21-14(24-9)13(12)20/h10-11,22-23H,1-9H3. The fourth-order valence-electron chi connectivity index (χ4n) is 1.74. The lowest BCUT2D eigenvalue weighted by Crippen LogP contribution is -2.59. The van der Waals surface area contributed by atoms with Crippen LogP contribution >= 0.6 is 11.6 Å². The molecule has 0 radical (unpaired) electrons. The molecule has 6 nitrogen and oxygen atoms in total. The third-order valence-electron chi connectivity index (χ3n) is 5.08. The molecule has 26 heavy (non-hydrogen) atoms. The summed E-state index contributed by atoms with van der Waals surface area (Å²) in [4.78, 5) is 4.07. The summed E-state index contributed by atoms with van der Waals surface area (Å²) in [5, 5.41) is 21.2. The Balaban J connectivity index is 3.40. The molecule has 1 rings (SSSR count). The maximum Gasteiger partial charge on any atom is 0.496 e. The van der Waals surface area contributed by atoms with Crippen molar-refractivity contribution in [2.45, 2.75) is 77.8 Å². The molecule has 148 valence electrons. The van der Waals surface area contributed by atoms with E-state index in [0.717, 1.165) is 0 Å². The second-order valence-corrected chi connectivity index (χ2v) is 8.81. The first-order valence-corrected chi connectivity index (χ1v) is 8.90. The van der Waals surface area contributed by atoms with Crippen LogP contribution in [0.5, 0.6) is 5.88 Å². The zero-order chi connectivity index (χ0) is 20.6. The number of hydrogen-bond donors (Lipinski definition) is 2. The number of ether oxygens (including phenoxy) is 1. The van der Waals surface area contributed by atoms with Gasteiger partial charge in [-0.1, -0.05) is 11.6 Å². The van der Waals surface area contributed by atoms with E-state index in [-0.39, 0.29) is 10.9 Å². The molecule has 0 fully saturated rings. The average molecular weight is 388 g/mol. The van der Waals surface area contributed by atoms with Crippen LogP contribution in [0.4, 0.5) is 0 Å². The number of halogens is 1. The van der Waals surface area contributed by atoms with Gasteiger partial charge in [0.05, 0.1) is 29.5 Å². The number of aromatic nitrogens is 1. The average Bonchev–Trinajstić information content (AvgIpc) is 2.43. The number of methoxy groups -OCH3 is 1. The van der Waals surface area contributed by atoms with Crippen LogP contribution in [0.25, 0.3) is 0 Å². The minimum Gasteiger partial charge on any atom is -0.480 e. The van der Waals surface area contributed by atoms with Gasteiger partial charge in [-0.15, -0.1) is 0 Å². The number of aliphatic hydroxyl groups is 2. The van der Waals surface area contributed by atoms with Gasteiger partial charge >= 0.3 is 7.12 Å². The van der Waals surface area contributed by atoms with Crippen molar-refractivity contribution in [1.82, 2.24) is 4.98 Å². The van der Waals surface area contributed by atoms with E-state index in [0.29, 0.717) is 5.46 Å². The van der Waals surface area contributed by atoms with E-state index in [1.54, 1.807) is 61.5 Å². The monoisotopic (exact) mass is 387 g/mol. The highest BCUT2D eigenvalue weighted by molar-refractivity contribution is 6.65. The smallest absolute Gasteiger partial charge is 0.480 e. The van der Waals surface area contributed by atoms with E-state index in [9.17, 15) is 10.2 Å². The Morgan fingerprint density at radius 3 is 1.69 bits per heavy atom. The normalized spacial score (nSPS) is 13.7. The van der Waals surface area contributed by atoms with Gasteiger partial charge in [0.2, 0.25) is 5.88 Å². The lowest BCUT2D eigenvalue weighted by Gasteiger charge is -2.43. The number of pyridine rings is 1. The van der Waals surface area contributed by atoms with Gasteiger partial charge in [-0.2, -0.15) is 0 Å². The highest BCUT2D eigenvalue weighted by Crippen LogP contribution is 2.31. The summed E-state index contributed by atoms with van der Waals surface area (Å²) in [7, 11) is 0.498. The first-order chi connectivity index (χ1) is 11.5. The number of hydrogen-bond acceptors (Lipinski definition) is 6. The summed E-state index contributed by atoms with van der Waals surface area (Å²) in [6.45, 7) is 13.6. The maximum atomic E-state index is 10.5. The van der Waals surface area contributed by atoms with Crippen molar-refractivity contribution in [1.29, 1.82) is 0 Å². The highest BCUT2D eigenvalue weighted by atomic mass is 35.5. The molecule has 0 spiro atoms. The lowest BCUT2D eigenvalue weighted by atomic mass is 9.74. The summed E-state index contributed by atoms with van der Waals surface area (Å²) >= 11 is 6.42. The Labute approximate surface area is 162 Å². The fraction of sp³-hybridized carbons (Fsp3) is 0.722. The lowest BCUT2D eigenvalue weighted by molar-refractivity contribution is -0.131. The van der Waals surface area contributed by atoms with Gasteiger partial charge in [-0.05, 0) is 61.5 Å². The molecule has 0 aliphatic rings. The minimum atomic E-state index is -1.16. The Hall–Kier alpha value is -0.855. The predicted molar refractivity (Wildman–Crippen MR) is 104 cm³/mol. The van der Waals surface area contributed by atoms with Gasteiger partial charge in [0.1, 0.15) is 5.02 Å². The van der Waals surface area contributed by atoms with Gasteiger partial charge in [0, 0.05) is 11.7 Å². The van der Waals surface area contributed by atoms with Crippen LogP contribution in [0, 0.1) is 0 Å². The van der Waals surface area contributed by atoms with Crippen molar-refractivity contribution < 1.29 is 24.3 Å². The molecule has 2 N–H and O–H groups in total. The van der Waals surface area contributed by atoms with E-state index in [4.69, 9.17) is 25.6 Å². The Kier molecular flexibility index (Phi) is 6.81. The van der Waals surface area contributed by atoms with Crippen LogP contribution in [-0.2, 0) is 9.31 Å². The zero-order valence-corrected chi connectivity index (χ0v) is 17.9. The summed E-state index contributed by atoms with van der Waals surface area (Å²) < 4.78 is 17.5. The van der Waals surface area contributed by atoms with Crippen LogP contribution in [0.1, 0.15) is 55.4 Å². The summed E-state index contributed by atoms with van der Waals surface area (Å²) in [6.07, 6.45) is 1.54. The minimum absolute atomic E-state index is 0.239. The first-order valence-electron chi connectivity index (χ1n) is 8.52. The highest BCUT2D eigenvalue weighted by Gasteiger charge is 2.46. The van der Waals surface area contributed by atoms with Gasteiger partial charge in [0.15, 0.2) is 0 Å². The van der Waals surface area contributed by atoms with E-state index in [1.165, 1.54) is 13.3 Å². The SMILES string of the molecule is COc1nccc(B(OC(C)(C)C(C)(C)O)OC(C)(C)C(C)(C)O)c1Cl. The van der Waals surface area contributed by atoms with E-state index < -0.39 is 29.5 Å². The molecule has 1 heterocycles. The van der Waals surface area contributed by atoms with E-state index >= 15 is 0 Å². The third-order valence-corrected chi connectivity index (χ3v) is 5.46. The van der Waals surface area contributed by atoms with Crippen LogP contribution in [0.15, 0.2) is 12.3 Å². The van der Waals surface area contributed by atoms with Gasteiger partial charge < -0.3 is 24.3 Å². The van der Waals surface area contributed by atoms with Crippen LogP contribution in [0.3, 0.4) is 0 Å². The van der Waals surface area contributed by atoms with Crippen LogP contribution in [-0.4, -0.2) is 51.8 Å². The van der Waals surface area contributed by atoms with Gasteiger partial charge in [0.25, 0.3) is 0 Å². The maximum absolute atomic E-state index is 10.5. The van der Waals surface area contributed by atoms with Crippen molar-refractivity contribution in [2.75, 3.05) is 7.11 Å². The first kappa shape index (κ1) is 23.2. The topological polar surface area (TPSA) is 81.0 Å². The summed E-state index contributed by atoms with van der Waals surface area (Å²) in [5.41, 5.74) is -3.78. The summed E-state index contributed by atoms with van der Waals surface area (Å²) in [6, 6.07) is 1.66. The zero-order valence-electron chi connectivity index (χ0n) is 17.2. The van der Waals surface area contributed by atoms with Crippen molar-refractivity contribution in [3.8, 4) is 5.88 Å². The van der Waals surface area contributed by atoms with Crippen molar-refractivity contribution in [3.05, 3.63) is 17.3 Å². The Bertz CT molecular complexity index is 595. The third kappa shape index (κ3) is 5.11. The number of rotatable bonds is 8. The molecule has 0 saturated heterocycles. The molecule has 0 amide bonds. The second-order valence-electron chi connectivity index (χ2n) is 8.43. The molecule has 8 heteroatoms. The quantitative estimate of drug-likeness (QED) is 0.667. The Morgan fingerprint density at radius 2 is 1.35 bits per heavy atom. The van der Waals surface area contributed by atoms with Crippen LogP contribution in [0.2, 0.25) is 5.02 Å². The van der Waals surface area contributed by atoms with Gasteiger partial charge in [-0.3, -0.25) is 0 Å². The predicted octanol–water partition coefficient (Wildman–Crippen LogP) is 2.57. The molecule has 0 aliphatic heterocycles. The van der Waals surface area contributed by atoms with Crippen molar-refractivity contribution in [3.63, 3.8) is 0 Å². The van der Waals surface area contributed by atoms with E-state index in [1.807, 2.05) is 0 Å². The summed E-state index contributed by atoms with van der Waals surface area (Å²) in [5.74, 6) is 0.239. The van der Waals surface area contributed by atoms with Crippen LogP contribution < -0.4 is 10.2 Å². The van der Waals surface area contributed by atoms with Crippen molar-refractivity contribution in [2.24, 2.45) is 0 Å².